The first-order valence-electron chi connectivity index (χ1n) is 10.3. The monoisotopic (exact) mass is 422 g/mol. The molecule has 1 saturated heterocycles. The van der Waals surface area contributed by atoms with Crippen molar-refractivity contribution in [2.45, 2.75) is 13.0 Å². The van der Waals surface area contributed by atoms with Crippen LogP contribution in [0.15, 0.2) is 53.1 Å². The quantitative estimate of drug-likeness (QED) is 0.626. The molecule has 4 rings (SSSR count). The summed E-state index contributed by atoms with van der Waals surface area (Å²) in [4.78, 5) is 19.3. The average molecular weight is 422 g/mol. The minimum absolute atomic E-state index is 0.0550. The SMILES string of the molecule is COc1ccc(C(CNC(=O)c2ccc(-c3nc(C)no3)cc2)N2CCOCC2)cc1. The Hall–Kier alpha value is -3.23. The van der Waals surface area contributed by atoms with Crippen molar-refractivity contribution in [2.75, 3.05) is 40.0 Å². The largest absolute Gasteiger partial charge is 0.497 e. The van der Waals surface area contributed by atoms with Gasteiger partial charge in [-0.1, -0.05) is 17.3 Å². The molecule has 3 aromatic rings. The van der Waals surface area contributed by atoms with Gasteiger partial charge in [-0.15, -0.1) is 0 Å². The standard InChI is InChI=1S/C23H26N4O4/c1-16-25-23(31-26-16)19-5-3-18(4-6-19)22(28)24-15-21(27-11-13-30-14-12-27)17-7-9-20(29-2)10-8-17/h3-10,21H,11-15H2,1-2H3,(H,24,28). The fourth-order valence-corrected chi connectivity index (χ4v) is 3.64. The number of benzene rings is 2. The third kappa shape index (κ3) is 5.10. The van der Waals surface area contributed by atoms with E-state index in [0.717, 1.165) is 30.0 Å². The van der Waals surface area contributed by atoms with Crippen LogP contribution < -0.4 is 10.1 Å². The third-order valence-electron chi connectivity index (χ3n) is 5.36. The molecule has 2 aromatic carbocycles. The minimum Gasteiger partial charge on any atom is -0.497 e. The Balaban J connectivity index is 1.44. The third-order valence-corrected chi connectivity index (χ3v) is 5.36. The number of methoxy groups -OCH3 is 1. The minimum atomic E-state index is -0.125. The first kappa shape index (κ1) is 21.0. The number of nitrogens with zero attached hydrogens (tertiary/aromatic N) is 3. The zero-order valence-electron chi connectivity index (χ0n) is 17.7. The lowest BCUT2D eigenvalue weighted by molar-refractivity contribution is 0.0162. The van der Waals surface area contributed by atoms with E-state index < -0.39 is 0 Å². The van der Waals surface area contributed by atoms with E-state index in [-0.39, 0.29) is 11.9 Å². The predicted molar refractivity (Wildman–Crippen MR) is 115 cm³/mol. The fraction of sp³-hybridized carbons (Fsp3) is 0.348. The Morgan fingerprint density at radius 2 is 1.84 bits per heavy atom. The second-order valence-corrected chi connectivity index (χ2v) is 7.37. The van der Waals surface area contributed by atoms with E-state index in [1.165, 1.54) is 0 Å². The summed E-state index contributed by atoms with van der Waals surface area (Å²) in [7, 11) is 1.65. The highest BCUT2D eigenvalue weighted by Crippen LogP contribution is 2.24. The van der Waals surface area contributed by atoms with Crippen molar-refractivity contribution >= 4 is 5.91 Å². The second-order valence-electron chi connectivity index (χ2n) is 7.37. The number of carbonyl (C=O) groups excluding carboxylic acids is 1. The molecule has 1 aliphatic rings. The number of nitrogens with one attached hydrogen (secondary N) is 1. The van der Waals surface area contributed by atoms with Crippen LogP contribution in [0.3, 0.4) is 0 Å². The fourth-order valence-electron chi connectivity index (χ4n) is 3.64. The van der Waals surface area contributed by atoms with Crippen LogP contribution in [0.4, 0.5) is 0 Å². The molecule has 1 N–H and O–H groups in total. The van der Waals surface area contributed by atoms with Crippen LogP contribution in [-0.4, -0.2) is 60.9 Å². The maximum atomic E-state index is 12.8. The maximum absolute atomic E-state index is 12.8. The normalized spacial score (nSPS) is 15.4. The molecule has 1 fully saturated rings. The molecular weight excluding hydrogens is 396 g/mol. The molecule has 0 saturated carbocycles. The van der Waals surface area contributed by atoms with Crippen molar-refractivity contribution in [3.8, 4) is 17.2 Å². The summed E-state index contributed by atoms with van der Waals surface area (Å²) < 4.78 is 16.0. The Morgan fingerprint density at radius 1 is 1.13 bits per heavy atom. The van der Waals surface area contributed by atoms with E-state index in [4.69, 9.17) is 14.0 Å². The van der Waals surface area contributed by atoms with Crippen molar-refractivity contribution in [1.82, 2.24) is 20.4 Å². The summed E-state index contributed by atoms with van der Waals surface area (Å²) >= 11 is 0. The molecule has 8 nitrogen and oxygen atoms in total. The maximum Gasteiger partial charge on any atom is 0.257 e. The zero-order chi connectivity index (χ0) is 21.6. The molecule has 0 bridgehead atoms. The van der Waals surface area contributed by atoms with Gasteiger partial charge in [-0.2, -0.15) is 4.98 Å². The van der Waals surface area contributed by atoms with E-state index in [1.54, 1.807) is 26.2 Å². The van der Waals surface area contributed by atoms with Crippen LogP contribution in [0.1, 0.15) is 27.8 Å². The number of aromatic nitrogens is 2. The van der Waals surface area contributed by atoms with Crippen LogP contribution in [0.25, 0.3) is 11.5 Å². The average Bonchev–Trinajstić information content (AvgIpc) is 3.26. The molecular formula is C23H26N4O4. The Labute approximate surface area is 181 Å². The number of carbonyl (C=O) groups is 1. The molecule has 162 valence electrons. The first-order chi connectivity index (χ1) is 15.1. The van der Waals surface area contributed by atoms with Crippen molar-refractivity contribution in [1.29, 1.82) is 0 Å². The molecule has 1 aromatic heterocycles. The summed E-state index contributed by atoms with van der Waals surface area (Å²) in [6.45, 7) is 5.29. The molecule has 31 heavy (non-hydrogen) atoms. The number of morpholine rings is 1. The van der Waals surface area contributed by atoms with Crippen LogP contribution >= 0.6 is 0 Å². The molecule has 1 atom stereocenters. The zero-order valence-corrected chi connectivity index (χ0v) is 17.7. The lowest BCUT2D eigenvalue weighted by Crippen LogP contribution is -2.43. The highest BCUT2D eigenvalue weighted by Gasteiger charge is 2.23. The van der Waals surface area contributed by atoms with Gasteiger partial charge in [-0.05, 0) is 48.9 Å². The summed E-state index contributed by atoms with van der Waals surface area (Å²) in [5.74, 6) is 1.70. The lowest BCUT2D eigenvalue weighted by Gasteiger charge is -2.35. The number of hydrogen-bond donors (Lipinski definition) is 1. The summed E-state index contributed by atoms with van der Waals surface area (Å²) in [5, 5.41) is 6.88. The smallest absolute Gasteiger partial charge is 0.257 e. The van der Waals surface area contributed by atoms with Crippen molar-refractivity contribution in [3.05, 3.63) is 65.5 Å². The summed E-state index contributed by atoms with van der Waals surface area (Å²) in [6, 6.07) is 15.2. The van der Waals surface area contributed by atoms with Crippen LogP contribution in [0.5, 0.6) is 5.75 Å². The Bertz CT molecular complexity index is 995. The van der Waals surface area contributed by atoms with Crippen molar-refractivity contribution in [3.63, 3.8) is 0 Å². The Kier molecular flexibility index (Phi) is 6.59. The topological polar surface area (TPSA) is 89.7 Å². The highest BCUT2D eigenvalue weighted by atomic mass is 16.5. The molecule has 1 unspecified atom stereocenters. The van der Waals surface area contributed by atoms with Crippen LogP contribution in [0.2, 0.25) is 0 Å². The first-order valence-corrected chi connectivity index (χ1v) is 10.3. The van der Waals surface area contributed by atoms with Crippen LogP contribution in [-0.2, 0) is 4.74 Å². The molecule has 1 amide bonds. The molecule has 0 spiro atoms. The molecule has 2 heterocycles. The van der Waals surface area contributed by atoms with Gasteiger partial charge in [0.2, 0.25) is 0 Å². The van der Waals surface area contributed by atoms with Gasteiger partial charge < -0.3 is 19.3 Å². The molecule has 0 aliphatic carbocycles. The number of hydrogen-bond acceptors (Lipinski definition) is 7. The molecule has 0 radical (unpaired) electrons. The van der Waals surface area contributed by atoms with Gasteiger partial charge in [-0.3, -0.25) is 9.69 Å². The van der Waals surface area contributed by atoms with E-state index in [1.807, 2.05) is 36.4 Å². The Morgan fingerprint density at radius 3 is 2.45 bits per heavy atom. The van der Waals surface area contributed by atoms with Gasteiger partial charge >= 0.3 is 0 Å². The van der Waals surface area contributed by atoms with Crippen molar-refractivity contribution < 1.29 is 18.8 Å². The van der Waals surface area contributed by atoms with Crippen LogP contribution in [0, 0.1) is 6.92 Å². The van der Waals surface area contributed by atoms with E-state index >= 15 is 0 Å². The summed E-state index contributed by atoms with van der Waals surface area (Å²) in [6.07, 6.45) is 0. The highest BCUT2D eigenvalue weighted by molar-refractivity contribution is 5.94. The van der Waals surface area contributed by atoms with Gasteiger partial charge in [0.25, 0.3) is 11.8 Å². The van der Waals surface area contributed by atoms with E-state index in [0.29, 0.717) is 37.0 Å². The predicted octanol–water partition coefficient (Wildman–Crippen LogP) is 2.86. The lowest BCUT2D eigenvalue weighted by atomic mass is 10.0. The van der Waals surface area contributed by atoms with Gasteiger partial charge in [0.05, 0.1) is 26.4 Å². The number of aryl methyl sites for hydroxylation is 1. The molecule has 1 aliphatic heterocycles. The van der Waals surface area contributed by atoms with Gasteiger partial charge in [-0.25, -0.2) is 0 Å². The second kappa shape index (κ2) is 9.72. The van der Waals surface area contributed by atoms with E-state index in [2.05, 4.69) is 20.4 Å². The summed E-state index contributed by atoms with van der Waals surface area (Å²) in [5.41, 5.74) is 2.49. The van der Waals surface area contributed by atoms with E-state index in [9.17, 15) is 4.79 Å². The van der Waals surface area contributed by atoms with Gasteiger partial charge in [0, 0.05) is 30.8 Å². The number of rotatable bonds is 7. The van der Waals surface area contributed by atoms with Gasteiger partial charge in [0.1, 0.15) is 5.75 Å². The number of ether oxygens (including phenoxy) is 2. The molecule has 8 heteroatoms. The van der Waals surface area contributed by atoms with Crippen molar-refractivity contribution in [2.24, 2.45) is 0 Å². The number of amides is 1. The van der Waals surface area contributed by atoms with Gasteiger partial charge in [0.15, 0.2) is 5.82 Å².